The molecule has 0 aliphatic carbocycles. The van der Waals surface area contributed by atoms with Gasteiger partial charge in [-0.05, 0) is 37.1 Å². The van der Waals surface area contributed by atoms with Crippen molar-refractivity contribution in [2.75, 3.05) is 18.8 Å². The average Bonchev–Trinajstić information content (AvgIpc) is 3.36. The molecule has 1 amide bonds. The number of para-hydroxylation sites is 1. The van der Waals surface area contributed by atoms with Crippen LogP contribution in [0.15, 0.2) is 53.0 Å². The van der Waals surface area contributed by atoms with Crippen LogP contribution in [0.2, 0.25) is 0 Å². The lowest BCUT2D eigenvalue weighted by molar-refractivity contribution is -0.129. The number of carbonyl (C=O) groups excluding carboxylic acids is 1. The first kappa shape index (κ1) is 17.6. The van der Waals surface area contributed by atoms with Gasteiger partial charge >= 0.3 is 0 Å². The molecule has 1 aliphatic heterocycles. The zero-order valence-electron chi connectivity index (χ0n) is 15.2. The minimum absolute atomic E-state index is 0.169. The summed E-state index contributed by atoms with van der Waals surface area (Å²) in [5, 5.41) is 8.65. The van der Waals surface area contributed by atoms with Gasteiger partial charge in [-0.1, -0.05) is 30.0 Å². The largest absolute Gasteiger partial charge is 0.341 e. The number of amides is 1. The van der Waals surface area contributed by atoms with E-state index in [0.29, 0.717) is 12.3 Å². The second-order valence-electron chi connectivity index (χ2n) is 6.90. The number of benzene rings is 1. The third-order valence-electron chi connectivity index (χ3n) is 5.07. The molecule has 8 heteroatoms. The van der Waals surface area contributed by atoms with Gasteiger partial charge in [0.05, 0.1) is 16.0 Å². The van der Waals surface area contributed by atoms with E-state index in [1.54, 1.807) is 11.3 Å². The average molecular weight is 410 g/mol. The Labute approximate surface area is 170 Å². The maximum Gasteiger partial charge on any atom is 0.233 e. The Bertz CT molecular complexity index is 1100. The van der Waals surface area contributed by atoms with Crippen LogP contribution in [0, 0.1) is 0 Å². The van der Waals surface area contributed by atoms with E-state index in [0.717, 1.165) is 45.4 Å². The lowest BCUT2D eigenvalue weighted by Crippen LogP contribution is -2.40. The molecule has 1 aliphatic rings. The number of fused-ring (bicyclic) bond motifs is 2. The molecule has 1 atom stereocenters. The van der Waals surface area contributed by atoms with Crippen molar-refractivity contribution in [3.05, 3.63) is 54.5 Å². The molecule has 6 nitrogen and oxygen atoms in total. The lowest BCUT2D eigenvalue weighted by Gasteiger charge is -2.31. The Hall–Kier alpha value is -2.45. The van der Waals surface area contributed by atoms with Crippen molar-refractivity contribution < 1.29 is 4.79 Å². The van der Waals surface area contributed by atoms with E-state index in [2.05, 4.69) is 21.2 Å². The molecule has 1 aromatic carbocycles. The number of carbonyl (C=O) groups is 1. The third-order valence-corrected chi connectivity index (χ3v) is 7.24. The van der Waals surface area contributed by atoms with E-state index in [1.165, 1.54) is 11.8 Å². The van der Waals surface area contributed by atoms with Gasteiger partial charge in [-0.15, -0.1) is 21.5 Å². The highest BCUT2D eigenvalue weighted by atomic mass is 32.2. The van der Waals surface area contributed by atoms with Gasteiger partial charge in [0.1, 0.15) is 5.82 Å². The molecular weight excluding hydrogens is 390 g/mol. The highest BCUT2D eigenvalue weighted by molar-refractivity contribution is 8.01. The number of thioether (sulfide) groups is 1. The summed E-state index contributed by atoms with van der Waals surface area (Å²) >= 11 is 3.18. The summed E-state index contributed by atoms with van der Waals surface area (Å²) in [6.07, 6.45) is 4.02. The van der Waals surface area contributed by atoms with Crippen molar-refractivity contribution in [1.29, 1.82) is 0 Å². The monoisotopic (exact) mass is 409 g/mol. The maximum atomic E-state index is 12.8. The first-order chi connectivity index (χ1) is 13.8. The molecule has 5 rings (SSSR count). The predicted molar refractivity (Wildman–Crippen MR) is 112 cm³/mol. The van der Waals surface area contributed by atoms with Crippen molar-refractivity contribution in [1.82, 2.24) is 24.5 Å². The molecule has 0 N–H and O–H groups in total. The first-order valence-corrected chi connectivity index (χ1v) is 11.1. The summed E-state index contributed by atoms with van der Waals surface area (Å²) in [7, 11) is 0. The summed E-state index contributed by atoms with van der Waals surface area (Å²) in [5.74, 6) is 1.77. The minimum Gasteiger partial charge on any atom is -0.341 e. The van der Waals surface area contributed by atoms with Gasteiger partial charge in [0.2, 0.25) is 5.91 Å². The summed E-state index contributed by atoms with van der Waals surface area (Å²) < 4.78 is 4.15. The molecule has 4 heterocycles. The zero-order valence-corrected chi connectivity index (χ0v) is 16.8. The Kier molecular flexibility index (Phi) is 4.74. The van der Waals surface area contributed by atoms with Crippen LogP contribution < -0.4 is 0 Å². The Morgan fingerprint density at radius 2 is 2.07 bits per heavy atom. The standard InChI is InChI=1S/C20H19N5OS2/c26-18(13-27-20-21-15-7-1-2-8-16(15)28-20)24-10-5-6-14(12-24)19-23-22-17-9-3-4-11-25(17)19/h1-4,7-9,11,14H,5-6,10,12-13H2/t14-/m0/s1. The second-order valence-corrected chi connectivity index (χ2v) is 9.16. The van der Waals surface area contributed by atoms with Crippen LogP contribution >= 0.6 is 23.1 Å². The van der Waals surface area contributed by atoms with Crippen LogP contribution in [0.5, 0.6) is 0 Å². The Morgan fingerprint density at radius 3 is 3.00 bits per heavy atom. The number of piperidine rings is 1. The van der Waals surface area contributed by atoms with Crippen LogP contribution in [0.3, 0.4) is 0 Å². The fraction of sp³-hybridized carbons (Fsp3) is 0.300. The van der Waals surface area contributed by atoms with E-state index in [4.69, 9.17) is 0 Å². The molecule has 0 spiro atoms. The normalized spacial score (nSPS) is 17.4. The molecule has 1 fully saturated rings. The van der Waals surface area contributed by atoms with Gasteiger partial charge in [-0.2, -0.15) is 0 Å². The number of hydrogen-bond donors (Lipinski definition) is 0. The van der Waals surface area contributed by atoms with Crippen molar-refractivity contribution in [3.63, 3.8) is 0 Å². The Balaban J connectivity index is 1.26. The van der Waals surface area contributed by atoms with Crippen molar-refractivity contribution in [2.45, 2.75) is 23.1 Å². The van der Waals surface area contributed by atoms with Crippen molar-refractivity contribution in [2.24, 2.45) is 0 Å². The quantitative estimate of drug-likeness (QED) is 0.479. The highest BCUT2D eigenvalue weighted by Gasteiger charge is 2.28. The molecule has 1 saturated heterocycles. The molecular formula is C20H19N5OS2. The van der Waals surface area contributed by atoms with E-state index in [1.807, 2.05) is 51.9 Å². The van der Waals surface area contributed by atoms with Gasteiger partial charge in [0, 0.05) is 25.2 Å². The van der Waals surface area contributed by atoms with E-state index in [-0.39, 0.29) is 11.8 Å². The van der Waals surface area contributed by atoms with Gasteiger partial charge in [-0.3, -0.25) is 9.20 Å². The summed E-state index contributed by atoms with van der Waals surface area (Å²) in [5.41, 5.74) is 1.85. The van der Waals surface area contributed by atoms with Crippen molar-refractivity contribution in [3.8, 4) is 0 Å². The van der Waals surface area contributed by atoms with Crippen LogP contribution in [-0.4, -0.2) is 49.2 Å². The maximum absolute atomic E-state index is 12.8. The van der Waals surface area contributed by atoms with E-state index >= 15 is 0 Å². The third kappa shape index (κ3) is 3.38. The number of hydrogen-bond acceptors (Lipinski definition) is 6. The van der Waals surface area contributed by atoms with Gasteiger partial charge < -0.3 is 4.90 Å². The molecule has 4 aromatic rings. The van der Waals surface area contributed by atoms with Crippen molar-refractivity contribution >= 4 is 44.9 Å². The predicted octanol–water partition coefficient (Wildman–Crippen LogP) is 3.84. The summed E-state index contributed by atoms with van der Waals surface area (Å²) in [4.78, 5) is 19.4. The topological polar surface area (TPSA) is 63.4 Å². The van der Waals surface area contributed by atoms with Crippen LogP contribution in [0.25, 0.3) is 15.9 Å². The van der Waals surface area contributed by atoms with Gasteiger partial charge in [0.25, 0.3) is 0 Å². The SMILES string of the molecule is O=C(CSc1nc2ccccc2s1)N1CCC[C@H](c2nnc3ccccn23)C1. The Morgan fingerprint density at radius 1 is 1.18 bits per heavy atom. The van der Waals surface area contributed by atoms with Crippen LogP contribution in [0.4, 0.5) is 0 Å². The van der Waals surface area contributed by atoms with Gasteiger partial charge in [-0.25, -0.2) is 4.98 Å². The smallest absolute Gasteiger partial charge is 0.233 e. The molecule has 0 saturated carbocycles. The number of thiazole rings is 1. The lowest BCUT2D eigenvalue weighted by atomic mass is 9.97. The van der Waals surface area contributed by atoms with Gasteiger partial charge in [0.15, 0.2) is 9.99 Å². The first-order valence-electron chi connectivity index (χ1n) is 9.34. The molecule has 3 aromatic heterocycles. The molecule has 0 unspecified atom stereocenters. The second kappa shape index (κ2) is 7.52. The highest BCUT2D eigenvalue weighted by Crippen LogP contribution is 2.30. The van der Waals surface area contributed by atoms with Crippen LogP contribution in [-0.2, 0) is 4.79 Å². The number of pyridine rings is 1. The molecule has 142 valence electrons. The van der Waals surface area contributed by atoms with Crippen LogP contribution in [0.1, 0.15) is 24.6 Å². The molecule has 0 radical (unpaired) electrons. The molecule has 0 bridgehead atoms. The van der Waals surface area contributed by atoms with E-state index < -0.39 is 0 Å². The fourth-order valence-electron chi connectivity index (χ4n) is 3.68. The zero-order chi connectivity index (χ0) is 18.9. The summed E-state index contributed by atoms with van der Waals surface area (Å²) in [6, 6.07) is 14.0. The number of likely N-dealkylation sites (tertiary alicyclic amines) is 1. The summed E-state index contributed by atoms with van der Waals surface area (Å²) in [6.45, 7) is 1.52. The number of nitrogens with zero attached hydrogens (tertiary/aromatic N) is 5. The number of rotatable bonds is 4. The molecule has 28 heavy (non-hydrogen) atoms. The minimum atomic E-state index is 0.169. The number of aromatic nitrogens is 4. The van der Waals surface area contributed by atoms with E-state index in [9.17, 15) is 4.79 Å². The fourth-order valence-corrected chi connectivity index (χ4v) is 5.65.